The third kappa shape index (κ3) is 4.43. The van der Waals surface area contributed by atoms with E-state index in [1.54, 1.807) is 23.8 Å². The van der Waals surface area contributed by atoms with Crippen LogP contribution in [0.5, 0.6) is 5.88 Å². The van der Waals surface area contributed by atoms with E-state index < -0.39 is 12.2 Å². The fraction of sp³-hybridized carbons (Fsp3) is 0.364. The van der Waals surface area contributed by atoms with Crippen LogP contribution in [0, 0.1) is 11.3 Å². The second kappa shape index (κ2) is 9.11. The summed E-state index contributed by atoms with van der Waals surface area (Å²) in [6, 6.07) is 9.64. The highest BCUT2D eigenvalue weighted by molar-refractivity contribution is 5.85. The largest absolute Gasteiger partial charge is 0.476 e. The Morgan fingerprint density at radius 2 is 2.28 bits per heavy atom. The van der Waals surface area contributed by atoms with Crippen LogP contribution in [0.1, 0.15) is 25.3 Å². The number of carboxylic acid groups (broad SMARTS) is 1. The Labute approximate surface area is 184 Å². The van der Waals surface area contributed by atoms with Gasteiger partial charge in [-0.05, 0) is 31.5 Å². The monoisotopic (exact) mass is 436 g/mol. The lowest BCUT2D eigenvalue weighted by atomic mass is 10.1. The fourth-order valence-corrected chi connectivity index (χ4v) is 3.83. The number of nitriles is 1. The standard InChI is InChI=1S/C22H24N6O4/c1-14(29)7-10-32-21-18(11-23)20-17(3-2-8-28(20)26-21)15-4-5-19(24-12-15)27-9-6-16(13-27)25-22(30)31/h2-5,8,12,14,16,25,29H,6-7,9-10,13H2,1H3,(H,30,31). The first-order valence-electron chi connectivity index (χ1n) is 10.4. The molecule has 1 saturated heterocycles. The SMILES string of the molecule is CC(O)CCOc1nn2cccc(-c3ccc(N4CCC(NC(=O)O)C4)nc3)c2c1C#N. The summed E-state index contributed by atoms with van der Waals surface area (Å²) in [5.74, 6) is 1.01. The van der Waals surface area contributed by atoms with Gasteiger partial charge in [0, 0.05) is 43.0 Å². The third-order valence-electron chi connectivity index (χ3n) is 5.41. The summed E-state index contributed by atoms with van der Waals surface area (Å²) in [5.41, 5.74) is 2.58. The molecule has 32 heavy (non-hydrogen) atoms. The number of aliphatic hydroxyl groups excluding tert-OH is 1. The van der Waals surface area contributed by atoms with E-state index in [9.17, 15) is 15.2 Å². The Balaban J connectivity index is 1.59. The molecule has 1 aliphatic rings. The van der Waals surface area contributed by atoms with Gasteiger partial charge >= 0.3 is 6.09 Å². The van der Waals surface area contributed by atoms with Crippen LogP contribution < -0.4 is 15.0 Å². The number of rotatable bonds is 7. The predicted octanol–water partition coefficient (Wildman–Crippen LogP) is 2.26. The molecule has 3 N–H and O–H groups in total. The maximum atomic E-state index is 10.9. The molecule has 0 aromatic carbocycles. The van der Waals surface area contributed by atoms with E-state index in [0.717, 1.165) is 29.9 Å². The number of anilines is 1. The number of nitrogens with zero attached hydrogens (tertiary/aromatic N) is 5. The van der Waals surface area contributed by atoms with Crippen LogP contribution in [0.25, 0.3) is 16.6 Å². The topological polar surface area (TPSA) is 136 Å². The van der Waals surface area contributed by atoms with Gasteiger partial charge in [-0.15, -0.1) is 5.10 Å². The van der Waals surface area contributed by atoms with Crippen molar-refractivity contribution in [3.8, 4) is 23.1 Å². The van der Waals surface area contributed by atoms with Gasteiger partial charge in [-0.1, -0.05) is 6.07 Å². The van der Waals surface area contributed by atoms with E-state index in [1.807, 2.05) is 29.2 Å². The minimum atomic E-state index is -1.02. The molecule has 10 heteroatoms. The van der Waals surface area contributed by atoms with Crippen LogP contribution in [0.3, 0.4) is 0 Å². The van der Waals surface area contributed by atoms with Gasteiger partial charge in [0.2, 0.25) is 0 Å². The first-order chi connectivity index (χ1) is 15.5. The van der Waals surface area contributed by atoms with Crippen molar-refractivity contribution in [2.24, 2.45) is 0 Å². The Morgan fingerprint density at radius 1 is 1.44 bits per heavy atom. The second-order valence-corrected chi connectivity index (χ2v) is 7.78. The van der Waals surface area contributed by atoms with Crippen molar-refractivity contribution in [3.63, 3.8) is 0 Å². The van der Waals surface area contributed by atoms with Crippen molar-refractivity contribution >= 4 is 17.4 Å². The highest BCUT2D eigenvalue weighted by Crippen LogP contribution is 2.32. The van der Waals surface area contributed by atoms with Crippen LogP contribution >= 0.6 is 0 Å². The summed E-state index contributed by atoms with van der Waals surface area (Å²) in [6.07, 6.45) is 3.15. The summed E-state index contributed by atoms with van der Waals surface area (Å²) in [5, 5.41) is 35.0. The summed E-state index contributed by atoms with van der Waals surface area (Å²) in [6.45, 7) is 3.23. The maximum absolute atomic E-state index is 10.9. The molecule has 1 fully saturated rings. The van der Waals surface area contributed by atoms with E-state index in [4.69, 9.17) is 9.84 Å². The summed E-state index contributed by atoms with van der Waals surface area (Å²) in [7, 11) is 0. The van der Waals surface area contributed by atoms with Crippen LogP contribution in [0.15, 0.2) is 36.7 Å². The first-order valence-corrected chi connectivity index (χ1v) is 10.4. The zero-order valence-corrected chi connectivity index (χ0v) is 17.6. The molecule has 2 atom stereocenters. The van der Waals surface area contributed by atoms with Crippen molar-refractivity contribution < 1.29 is 19.7 Å². The number of nitrogens with one attached hydrogen (secondary N) is 1. The van der Waals surface area contributed by atoms with Crippen LogP contribution in [0.2, 0.25) is 0 Å². The number of aromatic nitrogens is 3. The van der Waals surface area contributed by atoms with Crippen LogP contribution in [-0.2, 0) is 0 Å². The first kappa shape index (κ1) is 21.4. The van der Waals surface area contributed by atoms with Gasteiger partial charge in [-0.3, -0.25) is 0 Å². The van der Waals surface area contributed by atoms with Gasteiger partial charge in [0.05, 0.1) is 24.3 Å². The molecule has 3 aromatic heterocycles. The molecular formula is C22H24N6O4. The van der Waals surface area contributed by atoms with Gasteiger partial charge in [0.15, 0.2) is 0 Å². The Hall–Kier alpha value is -3.84. The van der Waals surface area contributed by atoms with Gasteiger partial charge < -0.3 is 25.2 Å². The lowest BCUT2D eigenvalue weighted by Crippen LogP contribution is -2.36. The van der Waals surface area contributed by atoms with E-state index in [2.05, 4.69) is 21.5 Å². The normalized spacial score (nSPS) is 16.7. The van der Waals surface area contributed by atoms with Crippen molar-refractivity contribution in [2.45, 2.75) is 31.9 Å². The Kier molecular flexibility index (Phi) is 6.09. The lowest BCUT2D eigenvalue weighted by Gasteiger charge is -2.17. The quantitative estimate of drug-likeness (QED) is 0.513. The molecule has 10 nitrogen and oxygen atoms in total. The average molecular weight is 436 g/mol. The van der Waals surface area contributed by atoms with E-state index in [0.29, 0.717) is 24.0 Å². The number of amides is 1. The zero-order valence-electron chi connectivity index (χ0n) is 17.6. The molecule has 0 spiro atoms. The molecule has 3 aromatic rings. The van der Waals surface area contributed by atoms with Crippen molar-refractivity contribution in [3.05, 3.63) is 42.2 Å². The molecule has 0 saturated carbocycles. The molecule has 1 aliphatic heterocycles. The van der Waals surface area contributed by atoms with Crippen LogP contribution in [-0.4, -0.2) is 62.7 Å². The van der Waals surface area contributed by atoms with Crippen LogP contribution in [0.4, 0.5) is 10.6 Å². The molecule has 166 valence electrons. The maximum Gasteiger partial charge on any atom is 0.404 e. The summed E-state index contributed by atoms with van der Waals surface area (Å²) in [4.78, 5) is 17.5. The molecule has 1 amide bonds. The lowest BCUT2D eigenvalue weighted by molar-refractivity contribution is 0.153. The van der Waals surface area contributed by atoms with Crippen molar-refractivity contribution in [2.75, 3.05) is 24.6 Å². The predicted molar refractivity (Wildman–Crippen MR) is 117 cm³/mol. The number of carbonyl (C=O) groups is 1. The van der Waals surface area contributed by atoms with E-state index in [-0.39, 0.29) is 18.5 Å². The molecule has 0 aliphatic carbocycles. The molecule has 0 radical (unpaired) electrons. The minimum Gasteiger partial charge on any atom is -0.476 e. The molecular weight excluding hydrogens is 412 g/mol. The zero-order chi connectivity index (χ0) is 22.7. The number of hydrogen-bond donors (Lipinski definition) is 3. The smallest absolute Gasteiger partial charge is 0.404 e. The van der Waals surface area contributed by atoms with Gasteiger partial charge in [0.1, 0.15) is 17.5 Å². The van der Waals surface area contributed by atoms with Crippen molar-refractivity contribution in [1.82, 2.24) is 19.9 Å². The van der Waals surface area contributed by atoms with E-state index in [1.165, 1.54) is 0 Å². The Bertz CT molecular complexity index is 1150. The average Bonchev–Trinajstić information content (AvgIpc) is 3.37. The number of ether oxygens (including phenoxy) is 1. The minimum absolute atomic E-state index is 0.111. The second-order valence-electron chi connectivity index (χ2n) is 7.78. The summed E-state index contributed by atoms with van der Waals surface area (Å²) >= 11 is 0. The molecule has 2 unspecified atom stereocenters. The van der Waals surface area contributed by atoms with Crippen molar-refractivity contribution in [1.29, 1.82) is 5.26 Å². The molecule has 0 bridgehead atoms. The summed E-state index contributed by atoms with van der Waals surface area (Å²) < 4.78 is 7.27. The van der Waals surface area contributed by atoms with Gasteiger partial charge in [-0.2, -0.15) is 5.26 Å². The molecule has 4 rings (SSSR count). The number of hydrogen-bond acceptors (Lipinski definition) is 7. The highest BCUT2D eigenvalue weighted by Gasteiger charge is 2.25. The Morgan fingerprint density at radius 3 is 2.97 bits per heavy atom. The highest BCUT2D eigenvalue weighted by atomic mass is 16.5. The molecule has 4 heterocycles. The van der Waals surface area contributed by atoms with Gasteiger partial charge in [-0.25, -0.2) is 14.3 Å². The number of fused-ring (bicyclic) bond motifs is 1. The number of pyridine rings is 2. The number of aliphatic hydroxyl groups is 1. The van der Waals surface area contributed by atoms with Gasteiger partial charge in [0.25, 0.3) is 5.88 Å². The van der Waals surface area contributed by atoms with E-state index >= 15 is 0 Å². The fourth-order valence-electron chi connectivity index (χ4n) is 3.83. The third-order valence-corrected chi connectivity index (χ3v) is 5.41.